The summed E-state index contributed by atoms with van der Waals surface area (Å²) < 4.78 is 5.28. The maximum atomic E-state index is 10.1. The Bertz CT molecular complexity index is 1300. The van der Waals surface area contributed by atoms with Crippen molar-refractivity contribution in [1.29, 1.82) is 0 Å². The number of aromatic hydroxyl groups is 1. The number of pyridine rings is 1. The number of phenolic OH excluding ortho intramolecular Hbond substituents is 1. The number of anilines is 1. The lowest BCUT2D eigenvalue weighted by Crippen LogP contribution is -2.44. The third-order valence-corrected chi connectivity index (χ3v) is 6.66. The molecule has 0 spiro atoms. The van der Waals surface area contributed by atoms with E-state index >= 15 is 0 Å². The quantitative estimate of drug-likeness (QED) is 0.425. The summed E-state index contributed by atoms with van der Waals surface area (Å²) in [5.74, 6) is 0.301. The molecule has 1 N–H and O–H groups in total. The van der Waals surface area contributed by atoms with E-state index < -0.39 is 0 Å². The van der Waals surface area contributed by atoms with Crippen molar-refractivity contribution in [2.45, 2.75) is 0 Å². The van der Waals surface area contributed by atoms with Crippen LogP contribution in [0.5, 0.6) is 11.5 Å². The molecule has 0 amide bonds. The summed E-state index contributed by atoms with van der Waals surface area (Å²) in [5.41, 5.74) is 6.32. The van der Waals surface area contributed by atoms with E-state index in [0.29, 0.717) is 5.75 Å². The summed E-state index contributed by atoms with van der Waals surface area (Å²) in [6, 6.07) is 20.5. The van der Waals surface area contributed by atoms with Gasteiger partial charge in [-0.1, -0.05) is 29.8 Å². The monoisotopic (exact) mass is 459 g/mol. The second kappa shape index (κ2) is 8.93. The first kappa shape index (κ1) is 21.6. The molecule has 1 saturated heterocycles. The molecule has 1 fully saturated rings. The molecule has 168 valence electrons. The Morgan fingerprint density at radius 2 is 1.61 bits per heavy atom. The van der Waals surface area contributed by atoms with Gasteiger partial charge >= 0.3 is 0 Å². The predicted octanol–water partition coefficient (Wildman–Crippen LogP) is 5.69. The van der Waals surface area contributed by atoms with Crippen molar-refractivity contribution in [1.82, 2.24) is 9.88 Å². The van der Waals surface area contributed by atoms with Crippen LogP contribution in [0.1, 0.15) is 0 Å². The van der Waals surface area contributed by atoms with Gasteiger partial charge in [-0.05, 0) is 71.8 Å². The van der Waals surface area contributed by atoms with Crippen LogP contribution in [0.2, 0.25) is 5.02 Å². The van der Waals surface area contributed by atoms with E-state index in [1.54, 1.807) is 12.1 Å². The molecule has 0 saturated carbocycles. The van der Waals surface area contributed by atoms with Crippen LogP contribution in [-0.2, 0) is 0 Å². The molecule has 5 rings (SSSR count). The second-order valence-corrected chi connectivity index (χ2v) is 8.84. The molecule has 6 heteroatoms. The average Bonchev–Trinajstić information content (AvgIpc) is 2.85. The van der Waals surface area contributed by atoms with Crippen LogP contribution in [-0.4, -0.2) is 55.3 Å². The molecule has 0 aliphatic carbocycles. The second-order valence-electron chi connectivity index (χ2n) is 8.44. The molecule has 4 aromatic rings. The number of phenols is 1. The third-order valence-electron chi connectivity index (χ3n) is 6.37. The molecule has 1 aromatic heterocycles. The minimum absolute atomic E-state index is 0.0495. The van der Waals surface area contributed by atoms with Crippen LogP contribution in [0.3, 0.4) is 0 Å². The van der Waals surface area contributed by atoms with E-state index in [-0.39, 0.29) is 10.8 Å². The van der Waals surface area contributed by atoms with Crippen molar-refractivity contribution in [3.8, 4) is 33.8 Å². The van der Waals surface area contributed by atoms with Crippen molar-refractivity contribution in [2.75, 3.05) is 45.2 Å². The van der Waals surface area contributed by atoms with Crippen LogP contribution in [0.15, 0.2) is 66.9 Å². The lowest BCUT2D eigenvalue weighted by atomic mass is 9.97. The summed E-state index contributed by atoms with van der Waals surface area (Å²) in [6.07, 6.45) is 1.85. The van der Waals surface area contributed by atoms with Crippen LogP contribution in [0.25, 0.3) is 33.2 Å². The Labute approximate surface area is 198 Å². The van der Waals surface area contributed by atoms with Gasteiger partial charge < -0.3 is 19.6 Å². The third kappa shape index (κ3) is 4.22. The Morgan fingerprint density at radius 3 is 2.33 bits per heavy atom. The zero-order valence-corrected chi connectivity index (χ0v) is 19.5. The van der Waals surface area contributed by atoms with Gasteiger partial charge in [0, 0.05) is 43.4 Å². The van der Waals surface area contributed by atoms with Gasteiger partial charge in [-0.15, -0.1) is 0 Å². The molecule has 0 unspecified atom stereocenters. The van der Waals surface area contributed by atoms with Gasteiger partial charge in [-0.25, -0.2) is 0 Å². The molecule has 0 radical (unpaired) electrons. The van der Waals surface area contributed by atoms with Gasteiger partial charge in [0.2, 0.25) is 0 Å². The fourth-order valence-corrected chi connectivity index (χ4v) is 4.60. The van der Waals surface area contributed by atoms with Gasteiger partial charge in [0.05, 0.1) is 17.6 Å². The molecule has 1 aliphatic heterocycles. The van der Waals surface area contributed by atoms with Crippen LogP contribution < -0.4 is 9.64 Å². The molecular weight excluding hydrogens is 434 g/mol. The highest BCUT2D eigenvalue weighted by Gasteiger charge is 2.15. The number of benzene rings is 3. The Kier molecular flexibility index (Phi) is 5.83. The minimum atomic E-state index is -0.0495. The molecule has 3 aromatic carbocycles. The normalized spacial score (nSPS) is 14.6. The number of hydrogen-bond donors (Lipinski definition) is 1. The molecule has 2 heterocycles. The first-order chi connectivity index (χ1) is 16.0. The van der Waals surface area contributed by atoms with E-state index in [9.17, 15) is 5.11 Å². The van der Waals surface area contributed by atoms with Gasteiger partial charge in [-0.3, -0.25) is 4.98 Å². The number of hydrogen-bond acceptors (Lipinski definition) is 5. The summed E-state index contributed by atoms with van der Waals surface area (Å²) in [6.45, 7) is 4.28. The number of piperazine rings is 1. The van der Waals surface area contributed by atoms with Gasteiger partial charge in [-0.2, -0.15) is 0 Å². The average molecular weight is 460 g/mol. The van der Waals surface area contributed by atoms with Gasteiger partial charge in [0.25, 0.3) is 0 Å². The standard InChI is InChI=1S/C27H26ClN3O2/c1-30-11-13-31(14-12-30)21-6-3-18(4-7-21)22-9-10-29-25-8-5-19(15-23(22)25)20-16-24(28)27(32)26(17-20)33-2/h3-10,15-17,32H,11-14H2,1-2H3. The van der Waals surface area contributed by atoms with Crippen molar-refractivity contribution < 1.29 is 9.84 Å². The molecule has 0 atom stereocenters. The molecule has 5 nitrogen and oxygen atoms in total. The summed E-state index contributed by atoms with van der Waals surface area (Å²) in [7, 11) is 3.69. The molecule has 0 bridgehead atoms. The zero-order valence-electron chi connectivity index (χ0n) is 18.8. The van der Waals surface area contributed by atoms with Crippen LogP contribution >= 0.6 is 11.6 Å². The number of fused-ring (bicyclic) bond motifs is 1. The van der Waals surface area contributed by atoms with Crippen molar-refractivity contribution in [3.05, 3.63) is 71.9 Å². The van der Waals surface area contributed by atoms with E-state index in [0.717, 1.165) is 59.3 Å². The van der Waals surface area contributed by atoms with E-state index in [1.807, 2.05) is 18.3 Å². The summed E-state index contributed by atoms with van der Waals surface area (Å²) in [4.78, 5) is 9.36. The predicted molar refractivity (Wildman–Crippen MR) is 136 cm³/mol. The number of halogens is 1. The van der Waals surface area contributed by atoms with Crippen molar-refractivity contribution in [2.24, 2.45) is 0 Å². The highest BCUT2D eigenvalue weighted by atomic mass is 35.5. The molecule has 33 heavy (non-hydrogen) atoms. The van der Waals surface area contributed by atoms with Crippen molar-refractivity contribution in [3.63, 3.8) is 0 Å². The maximum absolute atomic E-state index is 10.1. The SMILES string of the molecule is COc1cc(-c2ccc3nccc(-c4ccc(N5CCN(C)CC5)cc4)c3c2)cc(Cl)c1O. The smallest absolute Gasteiger partial charge is 0.176 e. The Hall–Kier alpha value is -3.28. The number of ether oxygens (including phenoxy) is 1. The zero-order chi connectivity index (χ0) is 22.9. The summed E-state index contributed by atoms with van der Waals surface area (Å²) in [5, 5.41) is 11.4. The number of methoxy groups -OCH3 is 1. The van der Waals surface area contributed by atoms with E-state index in [1.165, 1.54) is 12.8 Å². The van der Waals surface area contributed by atoms with Gasteiger partial charge in [0.1, 0.15) is 0 Å². The molecule has 1 aliphatic rings. The lowest BCUT2D eigenvalue weighted by Gasteiger charge is -2.34. The highest BCUT2D eigenvalue weighted by Crippen LogP contribution is 2.39. The lowest BCUT2D eigenvalue weighted by molar-refractivity contribution is 0.313. The number of aromatic nitrogens is 1. The number of likely N-dealkylation sites (N-methyl/N-ethyl adjacent to an activating group) is 1. The van der Waals surface area contributed by atoms with Crippen molar-refractivity contribution >= 4 is 28.2 Å². The Morgan fingerprint density at radius 1 is 0.879 bits per heavy atom. The topological polar surface area (TPSA) is 48.8 Å². The van der Waals surface area contributed by atoms with E-state index in [4.69, 9.17) is 16.3 Å². The summed E-state index contributed by atoms with van der Waals surface area (Å²) >= 11 is 6.23. The van der Waals surface area contributed by atoms with Gasteiger partial charge in [0.15, 0.2) is 11.5 Å². The highest BCUT2D eigenvalue weighted by molar-refractivity contribution is 6.32. The first-order valence-corrected chi connectivity index (χ1v) is 11.4. The first-order valence-electron chi connectivity index (χ1n) is 11.0. The van der Waals surface area contributed by atoms with Crippen LogP contribution in [0.4, 0.5) is 5.69 Å². The maximum Gasteiger partial charge on any atom is 0.176 e. The number of rotatable bonds is 4. The largest absolute Gasteiger partial charge is 0.503 e. The fraction of sp³-hybridized carbons (Fsp3) is 0.222. The minimum Gasteiger partial charge on any atom is -0.503 e. The van der Waals surface area contributed by atoms with E-state index in [2.05, 4.69) is 58.2 Å². The fourth-order valence-electron chi connectivity index (χ4n) is 4.39. The Balaban J connectivity index is 1.53. The number of nitrogens with zero attached hydrogens (tertiary/aromatic N) is 3. The van der Waals surface area contributed by atoms with Crippen LogP contribution in [0, 0.1) is 0 Å². The molecular formula is C27H26ClN3O2.